The molecule has 3 rings (SSSR count). The van der Waals surface area contributed by atoms with Gasteiger partial charge < -0.3 is 15.4 Å². The first-order valence-electron chi connectivity index (χ1n) is 7.93. The molecule has 0 aromatic heterocycles. The molecule has 0 saturated carbocycles. The summed E-state index contributed by atoms with van der Waals surface area (Å²) in [4.78, 5) is 23.9. The second-order valence-electron chi connectivity index (χ2n) is 5.93. The van der Waals surface area contributed by atoms with Crippen molar-refractivity contribution in [2.24, 2.45) is 0 Å². The van der Waals surface area contributed by atoms with Crippen LogP contribution in [0.2, 0.25) is 0 Å². The molecule has 0 spiro atoms. The van der Waals surface area contributed by atoms with Crippen LogP contribution in [-0.2, 0) is 9.53 Å². The molecule has 0 aromatic carbocycles. The Morgan fingerprint density at radius 2 is 2.26 bits per heavy atom. The van der Waals surface area contributed by atoms with Crippen molar-refractivity contribution < 1.29 is 14.3 Å². The van der Waals surface area contributed by atoms with Gasteiger partial charge >= 0.3 is 12.0 Å². The maximum atomic E-state index is 11.9. The van der Waals surface area contributed by atoms with Gasteiger partial charge in [0.25, 0.3) is 0 Å². The van der Waals surface area contributed by atoms with Crippen LogP contribution in [0.5, 0.6) is 0 Å². The number of fused-ring (bicyclic) bond motifs is 1. The van der Waals surface area contributed by atoms with Gasteiger partial charge in [0.05, 0.1) is 16.9 Å². The second kappa shape index (κ2) is 7.49. The molecule has 1 aliphatic carbocycles. The fourth-order valence-electron chi connectivity index (χ4n) is 3.05. The maximum Gasteiger partial charge on any atom is 0.315 e. The molecular formula is C16H20N2O3S2. The minimum Gasteiger partial charge on any atom is -0.425 e. The van der Waals surface area contributed by atoms with Crippen LogP contribution in [0.1, 0.15) is 32.1 Å². The van der Waals surface area contributed by atoms with Gasteiger partial charge in [-0.1, -0.05) is 30.8 Å². The summed E-state index contributed by atoms with van der Waals surface area (Å²) in [5, 5.41) is 6.36. The Hall–Kier alpha value is -1.34. The lowest BCUT2D eigenvalue weighted by Crippen LogP contribution is -2.36. The number of unbranched alkanes of at least 4 members (excludes halogenated alkanes) is 1. The number of allylic oxidation sites excluding steroid dienone is 4. The number of ether oxygens (including phenoxy) is 1. The van der Waals surface area contributed by atoms with Crippen LogP contribution in [0, 0.1) is 0 Å². The van der Waals surface area contributed by atoms with Gasteiger partial charge in [-0.05, 0) is 18.9 Å². The molecule has 23 heavy (non-hydrogen) atoms. The first-order chi connectivity index (χ1) is 11.1. The SMILES string of the molecule is O=C1N[C@H]2[C@H](CS[C@H]2CCCCC(=O)OC2=CC=CCC2=S)N1. The first-order valence-corrected chi connectivity index (χ1v) is 9.38. The average Bonchev–Trinajstić information content (AvgIpc) is 3.06. The van der Waals surface area contributed by atoms with Crippen LogP contribution < -0.4 is 10.6 Å². The topological polar surface area (TPSA) is 67.4 Å². The van der Waals surface area contributed by atoms with Gasteiger partial charge in [0.1, 0.15) is 5.76 Å². The number of carbonyl (C=O) groups is 2. The number of hydrogen-bond acceptors (Lipinski definition) is 5. The van der Waals surface area contributed by atoms with E-state index in [-0.39, 0.29) is 24.1 Å². The van der Waals surface area contributed by atoms with Crippen molar-refractivity contribution in [1.82, 2.24) is 10.6 Å². The molecule has 0 bridgehead atoms. The normalized spacial score (nSPS) is 28.9. The number of carbonyl (C=O) groups excluding carboxylic acids is 2. The van der Waals surface area contributed by atoms with E-state index in [1.165, 1.54) is 0 Å². The molecule has 0 aromatic rings. The average molecular weight is 352 g/mol. The second-order valence-corrected chi connectivity index (χ2v) is 7.69. The van der Waals surface area contributed by atoms with E-state index in [0.717, 1.165) is 25.0 Å². The summed E-state index contributed by atoms with van der Waals surface area (Å²) in [5.74, 6) is 1.26. The minimum absolute atomic E-state index is 0.0559. The van der Waals surface area contributed by atoms with E-state index in [0.29, 0.717) is 28.7 Å². The van der Waals surface area contributed by atoms with Gasteiger partial charge in [-0.25, -0.2) is 4.79 Å². The monoisotopic (exact) mass is 352 g/mol. The Morgan fingerprint density at radius 1 is 1.39 bits per heavy atom. The molecule has 0 unspecified atom stereocenters. The summed E-state index contributed by atoms with van der Waals surface area (Å²) in [6.45, 7) is 0. The molecule has 2 aliphatic heterocycles. The predicted molar refractivity (Wildman–Crippen MR) is 94.5 cm³/mol. The Morgan fingerprint density at radius 3 is 3.09 bits per heavy atom. The van der Waals surface area contributed by atoms with Crippen molar-refractivity contribution in [3.8, 4) is 0 Å². The van der Waals surface area contributed by atoms with E-state index < -0.39 is 0 Å². The largest absolute Gasteiger partial charge is 0.425 e. The molecule has 3 aliphatic rings. The van der Waals surface area contributed by atoms with Crippen LogP contribution in [0.3, 0.4) is 0 Å². The molecule has 2 saturated heterocycles. The fraction of sp³-hybridized carbons (Fsp3) is 0.562. The number of nitrogens with one attached hydrogen (secondary N) is 2. The minimum atomic E-state index is -0.221. The van der Waals surface area contributed by atoms with E-state index >= 15 is 0 Å². The fourth-order valence-corrected chi connectivity index (χ4v) is 4.80. The third kappa shape index (κ3) is 4.14. The Kier molecular flexibility index (Phi) is 5.38. The van der Waals surface area contributed by atoms with Gasteiger partial charge in [0, 0.05) is 23.8 Å². The van der Waals surface area contributed by atoms with Crippen molar-refractivity contribution >= 4 is 40.8 Å². The van der Waals surface area contributed by atoms with Crippen molar-refractivity contribution in [2.45, 2.75) is 49.4 Å². The van der Waals surface area contributed by atoms with Crippen molar-refractivity contribution in [1.29, 1.82) is 0 Å². The highest BCUT2D eigenvalue weighted by atomic mass is 32.2. The molecular weight excluding hydrogens is 332 g/mol. The zero-order chi connectivity index (χ0) is 16.2. The molecule has 3 atom stereocenters. The molecule has 2 heterocycles. The predicted octanol–water partition coefficient (Wildman–Crippen LogP) is 2.47. The quantitative estimate of drug-likeness (QED) is 0.333. The number of thiocarbonyl (C=S) groups is 1. The molecule has 2 fully saturated rings. The molecule has 0 radical (unpaired) electrons. The highest BCUT2D eigenvalue weighted by Gasteiger charge is 2.42. The third-order valence-electron chi connectivity index (χ3n) is 4.24. The van der Waals surface area contributed by atoms with Gasteiger partial charge in [-0.2, -0.15) is 11.8 Å². The Balaban J connectivity index is 1.34. The number of amides is 2. The number of urea groups is 1. The molecule has 2 amide bonds. The van der Waals surface area contributed by atoms with E-state index in [1.54, 1.807) is 6.08 Å². The lowest BCUT2D eigenvalue weighted by Gasteiger charge is -2.16. The first kappa shape index (κ1) is 16.5. The molecule has 5 nitrogen and oxygen atoms in total. The summed E-state index contributed by atoms with van der Waals surface area (Å²) in [5.41, 5.74) is 0. The van der Waals surface area contributed by atoms with Crippen LogP contribution in [0.4, 0.5) is 4.79 Å². The van der Waals surface area contributed by atoms with E-state index in [4.69, 9.17) is 17.0 Å². The van der Waals surface area contributed by atoms with Gasteiger partial charge in [0.2, 0.25) is 0 Å². The van der Waals surface area contributed by atoms with E-state index in [2.05, 4.69) is 10.6 Å². The number of hydrogen-bond donors (Lipinski definition) is 2. The van der Waals surface area contributed by atoms with Crippen molar-refractivity contribution in [2.75, 3.05) is 5.75 Å². The standard InChI is InChI=1S/C16H20N2O3S2/c19-14(21-11-5-1-2-6-12(11)22)8-4-3-7-13-15-10(9-23-13)17-16(20)18-15/h1-2,5,10,13,15H,3-4,6-9H2,(H2,17,18,20)/t10-,13-,15-/m0/s1. The van der Waals surface area contributed by atoms with Crippen LogP contribution >= 0.6 is 24.0 Å². The number of thioether (sulfide) groups is 1. The van der Waals surface area contributed by atoms with E-state index in [1.807, 2.05) is 23.9 Å². The highest BCUT2D eigenvalue weighted by molar-refractivity contribution is 8.00. The summed E-state index contributed by atoms with van der Waals surface area (Å²) in [6, 6.07) is 0.436. The van der Waals surface area contributed by atoms with Crippen molar-refractivity contribution in [3.05, 3.63) is 24.0 Å². The molecule has 7 heteroatoms. The summed E-state index contributed by atoms with van der Waals surface area (Å²) < 4.78 is 5.32. The van der Waals surface area contributed by atoms with Crippen LogP contribution in [-0.4, -0.2) is 40.0 Å². The molecule has 124 valence electrons. The van der Waals surface area contributed by atoms with Gasteiger partial charge in [-0.3, -0.25) is 4.79 Å². The Bertz CT molecular complexity index is 574. The maximum absolute atomic E-state index is 11.9. The molecule has 2 N–H and O–H groups in total. The lowest BCUT2D eigenvalue weighted by atomic mass is 10.0. The highest BCUT2D eigenvalue weighted by Crippen LogP contribution is 2.33. The Labute approximate surface area is 145 Å². The van der Waals surface area contributed by atoms with Gasteiger partial charge in [-0.15, -0.1) is 0 Å². The van der Waals surface area contributed by atoms with Crippen LogP contribution in [0.15, 0.2) is 24.0 Å². The summed E-state index contributed by atoms with van der Waals surface area (Å²) >= 11 is 7.06. The third-order valence-corrected chi connectivity index (χ3v) is 6.12. The lowest BCUT2D eigenvalue weighted by molar-refractivity contribution is -0.138. The summed E-state index contributed by atoms with van der Waals surface area (Å²) in [7, 11) is 0. The number of esters is 1. The summed E-state index contributed by atoms with van der Waals surface area (Å²) in [6.07, 6.45) is 9.37. The van der Waals surface area contributed by atoms with Crippen molar-refractivity contribution in [3.63, 3.8) is 0 Å². The number of rotatable bonds is 6. The smallest absolute Gasteiger partial charge is 0.315 e. The zero-order valence-electron chi connectivity index (χ0n) is 12.7. The zero-order valence-corrected chi connectivity index (χ0v) is 14.4. The van der Waals surface area contributed by atoms with E-state index in [9.17, 15) is 9.59 Å². The van der Waals surface area contributed by atoms with Crippen LogP contribution in [0.25, 0.3) is 0 Å². The van der Waals surface area contributed by atoms with Gasteiger partial charge in [0.15, 0.2) is 0 Å².